The lowest BCUT2D eigenvalue weighted by atomic mass is 10.2. The highest BCUT2D eigenvalue weighted by Crippen LogP contribution is 2.17. The molecule has 78 valence electrons. The number of pyridine rings is 1. The van der Waals surface area contributed by atoms with E-state index >= 15 is 0 Å². The van der Waals surface area contributed by atoms with Gasteiger partial charge in [-0.25, -0.2) is 4.98 Å². The molecule has 0 saturated carbocycles. The van der Waals surface area contributed by atoms with Gasteiger partial charge in [0.15, 0.2) is 0 Å². The number of aromatic nitrogens is 1. The molecule has 0 radical (unpaired) electrons. The van der Waals surface area contributed by atoms with Crippen LogP contribution in [0.2, 0.25) is 5.15 Å². The molecule has 0 aromatic carbocycles. The Labute approximate surface area is 93.1 Å². The zero-order chi connectivity index (χ0) is 10.7. The maximum atomic E-state index is 5.76. The van der Waals surface area contributed by atoms with E-state index in [1.165, 1.54) is 0 Å². The number of nitrogens with one attached hydrogen (secondary N) is 1. The van der Waals surface area contributed by atoms with Crippen LogP contribution in [0.5, 0.6) is 0 Å². The van der Waals surface area contributed by atoms with E-state index in [0.29, 0.717) is 5.15 Å². The van der Waals surface area contributed by atoms with E-state index in [0.717, 1.165) is 23.4 Å². The Hall–Kier alpha value is -1.48. The summed E-state index contributed by atoms with van der Waals surface area (Å²) in [6.07, 6.45) is 5.10. The van der Waals surface area contributed by atoms with Gasteiger partial charge in [0, 0.05) is 12.1 Å². The molecule has 0 aliphatic heterocycles. The van der Waals surface area contributed by atoms with Crippen LogP contribution in [-0.4, -0.2) is 4.98 Å². The highest BCUT2D eigenvalue weighted by molar-refractivity contribution is 6.29. The summed E-state index contributed by atoms with van der Waals surface area (Å²) in [5.74, 6) is 0. The Morgan fingerprint density at radius 1 is 1.53 bits per heavy atom. The molecule has 2 rings (SSSR count). The summed E-state index contributed by atoms with van der Waals surface area (Å²) in [5, 5.41) is 3.78. The minimum absolute atomic E-state index is 0.515. The fraction of sp³-hybridized carbons (Fsp3) is 0.182. The van der Waals surface area contributed by atoms with E-state index in [-0.39, 0.29) is 0 Å². The highest BCUT2D eigenvalue weighted by atomic mass is 35.5. The number of hydrogen-bond donors (Lipinski definition) is 1. The van der Waals surface area contributed by atoms with Crippen LogP contribution in [0.25, 0.3) is 0 Å². The summed E-state index contributed by atoms with van der Waals surface area (Å²) in [7, 11) is 0. The Morgan fingerprint density at radius 2 is 2.40 bits per heavy atom. The number of aryl methyl sites for hydroxylation is 1. The van der Waals surface area contributed by atoms with Crippen LogP contribution in [-0.2, 0) is 6.54 Å². The van der Waals surface area contributed by atoms with Crippen LogP contribution in [0.1, 0.15) is 11.1 Å². The molecule has 0 aliphatic carbocycles. The summed E-state index contributed by atoms with van der Waals surface area (Å²) in [4.78, 5) is 4.02. The third kappa shape index (κ3) is 2.50. The Morgan fingerprint density at radius 3 is 3.07 bits per heavy atom. The molecule has 15 heavy (non-hydrogen) atoms. The van der Waals surface area contributed by atoms with Crippen molar-refractivity contribution in [1.82, 2.24) is 4.98 Å². The normalized spacial score (nSPS) is 10.3. The number of anilines is 1. The van der Waals surface area contributed by atoms with Crippen molar-refractivity contribution >= 4 is 17.3 Å². The Balaban J connectivity index is 2.05. The third-order valence-electron chi connectivity index (χ3n) is 2.14. The molecule has 0 amide bonds. The standard InChI is InChI=1S/C11H11ClN2O/c1-8-4-11(12)14-6-10(8)13-5-9-2-3-15-7-9/h2-4,6-7,13H,5H2,1H3. The van der Waals surface area contributed by atoms with Gasteiger partial charge >= 0.3 is 0 Å². The predicted octanol–water partition coefficient (Wildman–Crippen LogP) is 3.25. The predicted molar refractivity (Wildman–Crippen MR) is 60.0 cm³/mol. The van der Waals surface area contributed by atoms with Crippen molar-refractivity contribution in [3.8, 4) is 0 Å². The van der Waals surface area contributed by atoms with Crippen LogP contribution >= 0.6 is 11.6 Å². The number of furan rings is 1. The van der Waals surface area contributed by atoms with Crippen LogP contribution in [0.4, 0.5) is 5.69 Å². The molecule has 4 heteroatoms. The number of rotatable bonds is 3. The zero-order valence-electron chi connectivity index (χ0n) is 8.33. The van der Waals surface area contributed by atoms with Crippen LogP contribution in [0.15, 0.2) is 35.3 Å². The molecule has 0 bridgehead atoms. The van der Waals surface area contributed by atoms with Crippen molar-refractivity contribution in [3.63, 3.8) is 0 Å². The molecular weight excluding hydrogens is 212 g/mol. The van der Waals surface area contributed by atoms with Crippen LogP contribution in [0, 0.1) is 6.92 Å². The SMILES string of the molecule is Cc1cc(Cl)ncc1NCc1ccoc1. The zero-order valence-corrected chi connectivity index (χ0v) is 9.08. The first-order valence-corrected chi connectivity index (χ1v) is 5.00. The average Bonchev–Trinajstić information content (AvgIpc) is 2.69. The van der Waals surface area contributed by atoms with Crippen molar-refractivity contribution in [2.45, 2.75) is 13.5 Å². The minimum Gasteiger partial charge on any atom is -0.472 e. The maximum absolute atomic E-state index is 5.76. The first kappa shape index (κ1) is 10.1. The van der Waals surface area contributed by atoms with Gasteiger partial charge < -0.3 is 9.73 Å². The fourth-order valence-corrected chi connectivity index (χ4v) is 1.51. The van der Waals surface area contributed by atoms with Gasteiger partial charge in [0.2, 0.25) is 0 Å². The third-order valence-corrected chi connectivity index (χ3v) is 2.35. The molecule has 0 atom stereocenters. The molecule has 0 saturated heterocycles. The second kappa shape index (κ2) is 4.36. The van der Waals surface area contributed by atoms with Crippen molar-refractivity contribution in [1.29, 1.82) is 0 Å². The molecule has 0 fully saturated rings. The molecule has 0 spiro atoms. The van der Waals surface area contributed by atoms with Gasteiger partial charge in [-0.3, -0.25) is 0 Å². The lowest BCUT2D eigenvalue weighted by Crippen LogP contribution is -2.00. The van der Waals surface area contributed by atoms with Gasteiger partial charge in [-0.05, 0) is 24.6 Å². The summed E-state index contributed by atoms with van der Waals surface area (Å²) in [5.41, 5.74) is 3.17. The minimum atomic E-state index is 0.515. The summed E-state index contributed by atoms with van der Waals surface area (Å²) in [6.45, 7) is 2.71. The fourth-order valence-electron chi connectivity index (χ4n) is 1.30. The Kier molecular flexibility index (Phi) is 2.92. The van der Waals surface area contributed by atoms with E-state index in [4.69, 9.17) is 16.0 Å². The molecule has 2 aromatic rings. The van der Waals surface area contributed by atoms with Gasteiger partial charge in [0.05, 0.1) is 24.4 Å². The van der Waals surface area contributed by atoms with Gasteiger partial charge in [0.25, 0.3) is 0 Å². The maximum Gasteiger partial charge on any atom is 0.129 e. The monoisotopic (exact) mass is 222 g/mol. The summed E-state index contributed by atoms with van der Waals surface area (Å²) < 4.78 is 4.98. The van der Waals surface area contributed by atoms with Crippen molar-refractivity contribution in [2.75, 3.05) is 5.32 Å². The lowest BCUT2D eigenvalue weighted by Gasteiger charge is -2.07. The molecule has 0 unspecified atom stereocenters. The lowest BCUT2D eigenvalue weighted by molar-refractivity contribution is 0.564. The van der Waals surface area contributed by atoms with Crippen molar-refractivity contribution in [2.24, 2.45) is 0 Å². The van der Waals surface area contributed by atoms with Crippen molar-refractivity contribution < 1.29 is 4.42 Å². The topological polar surface area (TPSA) is 38.1 Å². The molecule has 3 nitrogen and oxygen atoms in total. The Bertz CT molecular complexity index is 440. The summed E-state index contributed by atoms with van der Waals surface area (Å²) in [6, 6.07) is 3.75. The molecule has 1 N–H and O–H groups in total. The second-order valence-corrected chi connectivity index (χ2v) is 3.69. The van der Waals surface area contributed by atoms with Crippen LogP contribution in [0.3, 0.4) is 0 Å². The molecule has 2 aromatic heterocycles. The molecular formula is C11H11ClN2O. The molecule has 0 aliphatic rings. The highest BCUT2D eigenvalue weighted by Gasteiger charge is 2.00. The largest absolute Gasteiger partial charge is 0.472 e. The van der Waals surface area contributed by atoms with Gasteiger partial charge in [-0.1, -0.05) is 11.6 Å². The van der Waals surface area contributed by atoms with E-state index in [2.05, 4.69) is 10.3 Å². The number of halogens is 1. The van der Waals surface area contributed by atoms with Gasteiger partial charge in [-0.15, -0.1) is 0 Å². The molecule has 2 heterocycles. The van der Waals surface area contributed by atoms with E-state index < -0.39 is 0 Å². The van der Waals surface area contributed by atoms with E-state index in [1.807, 2.05) is 19.1 Å². The van der Waals surface area contributed by atoms with E-state index in [9.17, 15) is 0 Å². The van der Waals surface area contributed by atoms with Gasteiger partial charge in [-0.2, -0.15) is 0 Å². The summed E-state index contributed by atoms with van der Waals surface area (Å²) >= 11 is 5.76. The smallest absolute Gasteiger partial charge is 0.129 e. The van der Waals surface area contributed by atoms with Gasteiger partial charge in [0.1, 0.15) is 5.15 Å². The number of nitrogens with zero attached hydrogens (tertiary/aromatic N) is 1. The first-order chi connectivity index (χ1) is 7.25. The number of hydrogen-bond acceptors (Lipinski definition) is 3. The van der Waals surface area contributed by atoms with Crippen molar-refractivity contribution in [3.05, 3.63) is 47.1 Å². The average molecular weight is 223 g/mol. The first-order valence-electron chi connectivity index (χ1n) is 4.63. The quantitative estimate of drug-likeness (QED) is 0.811. The second-order valence-electron chi connectivity index (χ2n) is 3.31. The van der Waals surface area contributed by atoms with E-state index in [1.54, 1.807) is 18.7 Å². The van der Waals surface area contributed by atoms with Crippen LogP contribution < -0.4 is 5.32 Å².